The number of aromatic nitrogens is 2. The average Bonchev–Trinajstić information content (AvgIpc) is 3.04. The fourth-order valence-corrected chi connectivity index (χ4v) is 2.40. The third-order valence-electron chi connectivity index (χ3n) is 3.17. The highest BCUT2D eigenvalue weighted by molar-refractivity contribution is 9.10. The van der Waals surface area contributed by atoms with Gasteiger partial charge in [0.15, 0.2) is 5.82 Å². The van der Waals surface area contributed by atoms with E-state index >= 15 is 0 Å². The monoisotopic (exact) mass is 354 g/mol. The van der Waals surface area contributed by atoms with Crippen molar-refractivity contribution in [2.24, 2.45) is 5.10 Å². The lowest BCUT2D eigenvalue weighted by molar-refractivity contribution is 1.000. The molecule has 0 unspecified atom stereocenters. The Kier molecular flexibility index (Phi) is 4.34. The number of halogens is 1. The number of nitrogens with zero attached hydrogens (tertiary/aromatic N) is 3. The number of anilines is 2. The Morgan fingerprint density at radius 1 is 1.09 bits per heavy atom. The van der Waals surface area contributed by atoms with E-state index in [0.717, 1.165) is 27.2 Å². The SMILES string of the molecule is C/C=N/N(c1ccccc1)c1cc(-c2ccc(Br)cc2)[nH]n1. The number of rotatable bonds is 4. The van der Waals surface area contributed by atoms with Crippen molar-refractivity contribution < 1.29 is 0 Å². The number of hydrogen-bond donors (Lipinski definition) is 1. The summed E-state index contributed by atoms with van der Waals surface area (Å²) in [6, 6.07) is 20.0. The fourth-order valence-electron chi connectivity index (χ4n) is 2.14. The van der Waals surface area contributed by atoms with Crippen LogP contribution in [0.2, 0.25) is 0 Å². The molecule has 0 fully saturated rings. The lowest BCUT2D eigenvalue weighted by Gasteiger charge is -2.15. The first-order valence-corrected chi connectivity index (χ1v) is 7.72. The summed E-state index contributed by atoms with van der Waals surface area (Å²) in [6.45, 7) is 1.89. The molecule has 0 aliphatic carbocycles. The lowest BCUT2D eigenvalue weighted by Crippen LogP contribution is -2.09. The van der Waals surface area contributed by atoms with Gasteiger partial charge in [-0.25, -0.2) is 5.01 Å². The summed E-state index contributed by atoms with van der Waals surface area (Å²) in [5.41, 5.74) is 3.00. The van der Waals surface area contributed by atoms with Crippen molar-refractivity contribution in [2.45, 2.75) is 6.92 Å². The zero-order chi connectivity index (χ0) is 15.4. The summed E-state index contributed by atoms with van der Waals surface area (Å²) in [5, 5.41) is 13.7. The van der Waals surface area contributed by atoms with Crippen molar-refractivity contribution in [3.05, 3.63) is 65.1 Å². The number of H-pyrrole nitrogens is 1. The number of hydrazone groups is 1. The Balaban J connectivity index is 1.95. The van der Waals surface area contributed by atoms with Crippen LogP contribution in [0.5, 0.6) is 0 Å². The van der Waals surface area contributed by atoms with E-state index in [4.69, 9.17) is 0 Å². The van der Waals surface area contributed by atoms with E-state index in [0.29, 0.717) is 0 Å². The number of hydrogen-bond acceptors (Lipinski definition) is 3. The van der Waals surface area contributed by atoms with Gasteiger partial charge in [0.1, 0.15) is 0 Å². The molecular formula is C17H15BrN4. The zero-order valence-corrected chi connectivity index (χ0v) is 13.7. The average molecular weight is 355 g/mol. The van der Waals surface area contributed by atoms with Crippen LogP contribution in [-0.4, -0.2) is 16.4 Å². The fraction of sp³-hybridized carbons (Fsp3) is 0.0588. The van der Waals surface area contributed by atoms with Gasteiger partial charge >= 0.3 is 0 Å². The highest BCUT2D eigenvalue weighted by Crippen LogP contribution is 2.28. The molecule has 0 atom stereocenters. The van der Waals surface area contributed by atoms with Crippen molar-refractivity contribution in [1.82, 2.24) is 10.2 Å². The van der Waals surface area contributed by atoms with E-state index in [1.54, 1.807) is 11.2 Å². The standard InChI is InChI=1S/C17H15BrN4/c1-2-19-22(15-6-4-3-5-7-15)17-12-16(20-21-17)13-8-10-14(18)11-9-13/h2-12H,1H3,(H,20,21)/b19-2+. The maximum atomic E-state index is 4.40. The molecule has 4 nitrogen and oxygen atoms in total. The molecule has 5 heteroatoms. The molecular weight excluding hydrogens is 340 g/mol. The predicted octanol–water partition coefficient (Wildman–Crippen LogP) is 4.98. The maximum Gasteiger partial charge on any atom is 0.176 e. The number of aromatic amines is 1. The Bertz CT molecular complexity index is 763. The lowest BCUT2D eigenvalue weighted by atomic mass is 10.1. The van der Waals surface area contributed by atoms with Crippen molar-refractivity contribution in [1.29, 1.82) is 0 Å². The molecule has 0 spiro atoms. The molecule has 3 aromatic rings. The van der Waals surface area contributed by atoms with Crippen LogP contribution in [0.15, 0.2) is 70.2 Å². The molecule has 0 bridgehead atoms. The molecule has 0 amide bonds. The van der Waals surface area contributed by atoms with Gasteiger partial charge in [0.25, 0.3) is 0 Å². The predicted molar refractivity (Wildman–Crippen MR) is 94.5 cm³/mol. The normalized spacial score (nSPS) is 11.0. The molecule has 1 aromatic heterocycles. The molecule has 1 heterocycles. The molecule has 0 saturated heterocycles. The number of benzene rings is 2. The van der Waals surface area contributed by atoms with Gasteiger partial charge in [-0.2, -0.15) is 10.2 Å². The second-order valence-electron chi connectivity index (χ2n) is 4.67. The van der Waals surface area contributed by atoms with E-state index in [9.17, 15) is 0 Å². The molecule has 0 aliphatic rings. The van der Waals surface area contributed by atoms with E-state index in [2.05, 4.69) is 31.2 Å². The van der Waals surface area contributed by atoms with Gasteiger partial charge in [0.05, 0.1) is 11.4 Å². The summed E-state index contributed by atoms with van der Waals surface area (Å²) < 4.78 is 1.05. The van der Waals surface area contributed by atoms with E-state index in [1.165, 1.54) is 0 Å². The largest absolute Gasteiger partial charge is 0.276 e. The van der Waals surface area contributed by atoms with Crippen LogP contribution < -0.4 is 5.01 Å². The Morgan fingerprint density at radius 3 is 2.50 bits per heavy atom. The third kappa shape index (κ3) is 3.09. The molecule has 22 heavy (non-hydrogen) atoms. The minimum Gasteiger partial charge on any atom is -0.276 e. The molecule has 0 radical (unpaired) electrons. The molecule has 0 saturated carbocycles. The Hall–Kier alpha value is -2.40. The first-order chi connectivity index (χ1) is 10.8. The van der Waals surface area contributed by atoms with Gasteiger partial charge in [0.2, 0.25) is 0 Å². The summed E-state index contributed by atoms with van der Waals surface area (Å²) in [5.74, 6) is 0.752. The molecule has 110 valence electrons. The third-order valence-corrected chi connectivity index (χ3v) is 3.70. The van der Waals surface area contributed by atoms with Gasteiger partial charge in [-0.3, -0.25) is 5.10 Å². The molecule has 2 aromatic carbocycles. The molecule has 3 rings (SSSR count). The number of para-hydroxylation sites is 1. The van der Waals surface area contributed by atoms with Gasteiger partial charge < -0.3 is 0 Å². The summed E-state index contributed by atoms with van der Waals surface area (Å²) in [6.07, 6.45) is 1.75. The summed E-state index contributed by atoms with van der Waals surface area (Å²) in [4.78, 5) is 0. The highest BCUT2D eigenvalue weighted by Gasteiger charge is 2.12. The first kappa shape index (κ1) is 14.5. The van der Waals surface area contributed by atoms with Gasteiger partial charge in [-0.05, 0) is 36.8 Å². The van der Waals surface area contributed by atoms with Crippen molar-refractivity contribution in [3.63, 3.8) is 0 Å². The number of nitrogens with one attached hydrogen (secondary N) is 1. The van der Waals surface area contributed by atoms with Crippen LogP contribution >= 0.6 is 15.9 Å². The van der Waals surface area contributed by atoms with Crippen LogP contribution in [0, 0.1) is 0 Å². The van der Waals surface area contributed by atoms with Gasteiger partial charge in [-0.15, -0.1) is 0 Å². The summed E-state index contributed by atoms with van der Waals surface area (Å²) in [7, 11) is 0. The summed E-state index contributed by atoms with van der Waals surface area (Å²) >= 11 is 3.44. The van der Waals surface area contributed by atoms with E-state index in [-0.39, 0.29) is 0 Å². The van der Waals surface area contributed by atoms with Gasteiger partial charge in [-0.1, -0.05) is 46.3 Å². The second kappa shape index (κ2) is 6.58. The minimum absolute atomic E-state index is 0.752. The minimum atomic E-state index is 0.752. The van der Waals surface area contributed by atoms with Crippen molar-refractivity contribution in [2.75, 3.05) is 5.01 Å². The van der Waals surface area contributed by atoms with Crippen LogP contribution in [0.25, 0.3) is 11.3 Å². The van der Waals surface area contributed by atoms with Crippen molar-refractivity contribution >= 4 is 33.6 Å². The Labute approximate surface area is 137 Å². The van der Waals surface area contributed by atoms with E-state index in [1.807, 2.05) is 67.6 Å². The highest BCUT2D eigenvalue weighted by atomic mass is 79.9. The Morgan fingerprint density at radius 2 is 1.82 bits per heavy atom. The van der Waals surface area contributed by atoms with Crippen LogP contribution in [0.3, 0.4) is 0 Å². The quantitative estimate of drug-likeness (QED) is 0.530. The maximum absolute atomic E-state index is 4.40. The molecule has 1 N–H and O–H groups in total. The zero-order valence-electron chi connectivity index (χ0n) is 12.1. The van der Waals surface area contributed by atoms with Gasteiger partial charge in [0, 0.05) is 16.8 Å². The first-order valence-electron chi connectivity index (χ1n) is 6.93. The second-order valence-corrected chi connectivity index (χ2v) is 5.58. The van der Waals surface area contributed by atoms with Crippen LogP contribution in [-0.2, 0) is 0 Å². The van der Waals surface area contributed by atoms with Crippen LogP contribution in [0.1, 0.15) is 6.92 Å². The van der Waals surface area contributed by atoms with Crippen molar-refractivity contribution in [3.8, 4) is 11.3 Å². The topological polar surface area (TPSA) is 44.3 Å². The van der Waals surface area contributed by atoms with Crippen LogP contribution in [0.4, 0.5) is 11.5 Å². The smallest absolute Gasteiger partial charge is 0.176 e. The molecule has 0 aliphatic heterocycles. The van der Waals surface area contributed by atoms with E-state index < -0.39 is 0 Å².